The Balaban J connectivity index is 2.15. The number of fused-ring (bicyclic) bond motifs is 1. The molecule has 1 aliphatic rings. The molecule has 3 rings (SSSR count). The highest BCUT2D eigenvalue weighted by Gasteiger charge is 2.31. The molecule has 0 saturated heterocycles. The van der Waals surface area contributed by atoms with E-state index in [0.29, 0.717) is 5.88 Å². The summed E-state index contributed by atoms with van der Waals surface area (Å²) in [7, 11) is 1.77. The van der Waals surface area contributed by atoms with Gasteiger partial charge in [-0.05, 0) is 41.3 Å². The quantitative estimate of drug-likeness (QED) is 0.798. The van der Waals surface area contributed by atoms with Crippen LogP contribution in [0.15, 0.2) is 16.7 Å². The largest absolute Gasteiger partial charge is 0.379 e. The zero-order chi connectivity index (χ0) is 13.4. The van der Waals surface area contributed by atoms with E-state index in [-0.39, 0.29) is 12.1 Å². The topological polar surface area (TPSA) is 39.9 Å². The van der Waals surface area contributed by atoms with Gasteiger partial charge in [0.15, 0.2) is 5.65 Å². The first kappa shape index (κ1) is 13.3. The van der Waals surface area contributed by atoms with Crippen LogP contribution in [0.2, 0.25) is 0 Å². The minimum atomic E-state index is 0.227. The standard InChI is InChI=1S/C13H15BrClN3O/c1-19-11-4-2-3-10(11)18-12(6-15)17-9-5-8(14)7-16-13(9)18/h5,7,10-11H,2-4,6H2,1H3. The first-order chi connectivity index (χ1) is 9.24. The van der Waals surface area contributed by atoms with Crippen LogP contribution in [0.1, 0.15) is 31.1 Å². The van der Waals surface area contributed by atoms with Crippen molar-refractivity contribution in [2.24, 2.45) is 0 Å². The van der Waals surface area contributed by atoms with Gasteiger partial charge in [0.1, 0.15) is 11.3 Å². The van der Waals surface area contributed by atoms with E-state index in [4.69, 9.17) is 16.3 Å². The molecule has 1 saturated carbocycles. The Morgan fingerprint density at radius 2 is 2.37 bits per heavy atom. The third-order valence-corrected chi connectivity index (χ3v) is 4.41. The number of alkyl halides is 1. The van der Waals surface area contributed by atoms with Gasteiger partial charge in [-0.15, -0.1) is 11.6 Å². The number of rotatable bonds is 3. The highest BCUT2D eigenvalue weighted by atomic mass is 79.9. The lowest BCUT2D eigenvalue weighted by atomic mass is 10.2. The fraction of sp³-hybridized carbons (Fsp3) is 0.538. The molecule has 1 fully saturated rings. The van der Waals surface area contributed by atoms with Gasteiger partial charge in [-0.1, -0.05) is 0 Å². The Bertz CT molecular complexity index is 601. The summed E-state index contributed by atoms with van der Waals surface area (Å²) in [6, 6.07) is 2.27. The SMILES string of the molecule is COC1CCCC1n1c(CCl)nc2cc(Br)cnc21. The van der Waals surface area contributed by atoms with Gasteiger partial charge in [-0.3, -0.25) is 0 Å². The number of halogens is 2. The van der Waals surface area contributed by atoms with Crippen LogP contribution in [0.4, 0.5) is 0 Å². The third-order valence-electron chi connectivity index (χ3n) is 3.74. The van der Waals surface area contributed by atoms with Gasteiger partial charge in [0.05, 0.1) is 18.0 Å². The van der Waals surface area contributed by atoms with E-state index in [1.165, 1.54) is 6.42 Å². The maximum Gasteiger partial charge on any atom is 0.160 e. The van der Waals surface area contributed by atoms with E-state index >= 15 is 0 Å². The highest BCUT2D eigenvalue weighted by molar-refractivity contribution is 9.10. The number of methoxy groups -OCH3 is 1. The van der Waals surface area contributed by atoms with Gasteiger partial charge < -0.3 is 9.30 Å². The molecule has 2 atom stereocenters. The Kier molecular flexibility index (Phi) is 3.78. The van der Waals surface area contributed by atoms with Crippen molar-refractivity contribution >= 4 is 38.7 Å². The van der Waals surface area contributed by atoms with E-state index < -0.39 is 0 Å². The van der Waals surface area contributed by atoms with Gasteiger partial charge >= 0.3 is 0 Å². The average Bonchev–Trinajstić information content (AvgIpc) is 3.00. The van der Waals surface area contributed by atoms with Crippen LogP contribution in [0.3, 0.4) is 0 Å². The predicted molar refractivity (Wildman–Crippen MR) is 78.5 cm³/mol. The minimum Gasteiger partial charge on any atom is -0.379 e. The lowest BCUT2D eigenvalue weighted by Gasteiger charge is -2.21. The van der Waals surface area contributed by atoms with Crippen LogP contribution in [0, 0.1) is 0 Å². The second-order valence-corrected chi connectivity index (χ2v) is 5.98. The number of nitrogens with zero attached hydrogens (tertiary/aromatic N) is 3. The molecule has 2 aromatic rings. The third kappa shape index (κ3) is 2.28. The smallest absolute Gasteiger partial charge is 0.160 e. The van der Waals surface area contributed by atoms with Gasteiger partial charge in [-0.25, -0.2) is 9.97 Å². The summed E-state index contributed by atoms with van der Waals surface area (Å²) >= 11 is 9.48. The van der Waals surface area contributed by atoms with Crippen LogP contribution < -0.4 is 0 Å². The summed E-state index contributed by atoms with van der Waals surface area (Å²) in [5, 5.41) is 0. The van der Waals surface area contributed by atoms with Gasteiger partial charge in [-0.2, -0.15) is 0 Å². The molecule has 0 bridgehead atoms. The second kappa shape index (κ2) is 5.38. The first-order valence-electron chi connectivity index (χ1n) is 6.35. The molecule has 4 nitrogen and oxygen atoms in total. The van der Waals surface area contributed by atoms with Crippen molar-refractivity contribution in [1.82, 2.24) is 14.5 Å². The van der Waals surface area contributed by atoms with E-state index in [2.05, 4.69) is 30.5 Å². The van der Waals surface area contributed by atoms with Crippen LogP contribution in [-0.2, 0) is 10.6 Å². The summed E-state index contributed by atoms with van der Waals surface area (Å²) in [6.45, 7) is 0. The number of hydrogen-bond donors (Lipinski definition) is 0. The number of imidazole rings is 1. The van der Waals surface area contributed by atoms with E-state index in [1.807, 2.05) is 6.07 Å². The molecule has 2 aromatic heterocycles. The van der Waals surface area contributed by atoms with Crippen molar-refractivity contribution in [3.8, 4) is 0 Å². The number of pyridine rings is 1. The molecule has 19 heavy (non-hydrogen) atoms. The molecule has 0 spiro atoms. The molecular weight excluding hydrogens is 330 g/mol. The summed E-state index contributed by atoms with van der Waals surface area (Å²) in [5.41, 5.74) is 1.78. The maximum atomic E-state index is 6.05. The fourth-order valence-corrected chi connectivity index (χ4v) is 3.43. The van der Waals surface area contributed by atoms with Crippen molar-refractivity contribution in [1.29, 1.82) is 0 Å². The van der Waals surface area contributed by atoms with Crippen molar-refractivity contribution in [3.05, 3.63) is 22.6 Å². The number of ether oxygens (including phenoxy) is 1. The van der Waals surface area contributed by atoms with Gasteiger partial charge in [0.2, 0.25) is 0 Å². The van der Waals surface area contributed by atoms with Gasteiger partial charge in [0, 0.05) is 17.8 Å². The molecule has 0 aromatic carbocycles. The van der Waals surface area contributed by atoms with Crippen molar-refractivity contribution < 1.29 is 4.74 Å². The molecular formula is C13H15BrClN3O. The Morgan fingerprint density at radius 1 is 1.53 bits per heavy atom. The Hall–Kier alpha value is -0.650. The van der Waals surface area contributed by atoms with Gasteiger partial charge in [0.25, 0.3) is 0 Å². The van der Waals surface area contributed by atoms with Crippen LogP contribution in [0.25, 0.3) is 11.2 Å². The normalized spacial score (nSPS) is 23.3. The van der Waals surface area contributed by atoms with Crippen LogP contribution in [0.5, 0.6) is 0 Å². The average molecular weight is 345 g/mol. The van der Waals surface area contributed by atoms with E-state index in [1.54, 1.807) is 13.3 Å². The molecule has 0 radical (unpaired) electrons. The highest BCUT2D eigenvalue weighted by Crippen LogP contribution is 2.35. The predicted octanol–water partition coefficient (Wildman–Crippen LogP) is 3.67. The lowest BCUT2D eigenvalue weighted by Crippen LogP contribution is -2.22. The summed E-state index contributed by atoms with van der Waals surface area (Å²) in [6.07, 6.45) is 5.37. The van der Waals surface area contributed by atoms with Crippen LogP contribution in [-0.4, -0.2) is 27.7 Å². The molecule has 2 heterocycles. The van der Waals surface area contributed by atoms with Crippen molar-refractivity contribution in [2.45, 2.75) is 37.3 Å². The van der Waals surface area contributed by atoms with Crippen molar-refractivity contribution in [3.63, 3.8) is 0 Å². The molecule has 2 unspecified atom stereocenters. The molecule has 0 amide bonds. The summed E-state index contributed by atoms with van der Waals surface area (Å²) in [4.78, 5) is 9.09. The fourth-order valence-electron chi connectivity index (χ4n) is 2.92. The molecule has 6 heteroatoms. The summed E-state index contributed by atoms with van der Waals surface area (Å²) < 4.78 is 8.68. The van der Waals surface area contributed by atoms with Crippen LogP contribution >= 0.6 is 27.5 Å². The molecule has 0 N–H and O–H groups in total. The lowest BCUT2D eigenvalue weighted by molar-refractivity contribution is 0.0753. The zero-order valence-corrected chi connectivity index (χ0v) is 13.0. The second-order valence-electron chi connectivity index (χ2n) is 4.80. The van der Waals surface area contributed by atoms with E-state index in [9.17, 15) is 0 Å². The summed E-state index contributed by atoms with van der Waals surface area (Å²) in [5.74, 6) is 1.26. The monoisotopic (exact) mass is 343 g/mol. The number of aromatic nitrogens is 3. The number of hydrogen-bond acceptors (Lipinski definition) is 3. The minimum absolute atomic E-state index is 0.227. The van der Waals surface area contributed by atoms with E-state index in [0.717, 1.165) is 34.3 Å². The maximum absolute atomic E-state index is 6.05. The Morgan fingerprint density at radius 3 is 3.11 bits per heavy atom. The molecule has 0 aliphatic heterocycles. The van der Waals surface area contributed by atoms with Crippen molar-refractivity contribution in [2.75, 3.05) is 7.11 Å². The molecule has 1 aliphatic carbocycles. The zero-order valence-electron chi connectivity index (χ0n) is 10.6. The first-order valence-corrected chi connectivity index (χ1v) is 7.68. The molecule has 102 valence electrons. The Labute approximate surface area is 125 Å².